The van der Waals surface area contributed by atoms with Gasteiger partial charge in [0.05, 0.1) is 11.0 Å². The first-order chi connectivity index (χ1) is 9.82. The highest BCUT2D eigenvalue weighted by molar-refractivity contribution is 5.75. The van der Waals surface area contributed by atoms with Crippen LogP contribution in [0.2, 0.25) is 0 Å². The molecule has 1 unspecified atom stereocenters. The molecule has 0 aliphatic carbocycles. The Morgan fingerprint density at radius 1 is 1.24 bits per heavy atom. The molecular formula is C17H26FN3. The van der Waals surface area contributed by atoms with E-state index >= 15 is 4.39 Å². The average Bonchev–Trinajstić information content (AvgIpc) is 2.76. The molecule has 0 aliphatic heterocycles. The van der Waals surface area contributed by atoms with Gasteiger partial charge in [-0.05, 0) is 24.0 Å². The van der Waals surface area contributed by atoms with E-state index in [9.17, 15) is 0 Å². The van der Waals surface area contributed by atoms with Crippen LogP contribution in [-0.2, 0) is 13.0 Å². The van der Waals surface area contributed by atoms with Gasteiger partial charge in [0, 0.05) is 19.5 Å². The molecule has 0 aliphatic rings. The largest absolute Gasteiger partial charge is 0.328 e. The number of rotatable bonds is 5. The van der Waals surface area contributed by atoms with Crippen LogP contribution in [0.15, 0.2) is 24.3 Å². The highest BCUT2D eigenvalue weighted by atomic mass is 19.1. The fraction of sp³-hybridized carbons (Fsp3) is 0.588. The highest BCUT2D eigenvalue weighted by Crippen LogP contribution is 2.36. The zero-order valence-electron chi connectivity index (χ0n) is 13.5. The number of para-hydroxylation sites is 2. The fourth-order valence-electron chi connectivity index (χ4n) is 2.63. The van der Waals surface area contributed by atoms with Crippen LogP contribution in [0.4, 0.5) is 4.39 Å². The number of fused-ring (bicyclic) bond motifs is 1. The lowest BCUT2D eigenvalue weighted by Crippen LogP contribution is -2.47. The van der Waals surface area contributed by atoms with Crippen molar-refractivity contribution in [3.05, 3.63) is 30.1 Å². The third kappa shape index (κ3) is 2.95. The molecule has 1 heterocycles. The maximum Gasteiger partial charge on any atom is 0.134 e. The van der Waals surface area contributed by atoms with E-state index < -0.39 is 11.1 Å². The van der Waals surface area contributed by atoms with Gasteiger partial charge in [-0.2, -0.15) is 0 Å². The minimum absolute atomic E-state index is 0.00578. The van der Waals surface area contributed by atoms with Gasteiger partial charge in [-0.1, -0.05) is 39.8 Å². The van der Waals surface area contributed by atoms with Gasteiger partial charge in [-0.15, -0.1) is 0 Å². The molecule has 1 atom stereocenters. The SMILES string of the molecule is CCCn1c(CC(F)(CN)C(C)(C)C)nc2ccccc21. The van der Waals surface area contributed by atoms with Gasteiger partial charge in [-0.3, -0.25) is 0 Å². The number of benzene rings is 1. The molecule has 0 fully saturated rings. The quantitative estimate of drug-likeness (QED) is 0.912. The van der Waals surface area contributed by atoms with Gasteiger partial charge in [0.2, 0.25) is 0 Å². The second kappa shape index (κ2) is 5.76. The first-order valence-electron chi connectivity index (χ1n) is 7.65. The Hall–Kier alpha value is -1.42. The Balaban J connectivity index is 2.48. The monoisotopic (exact) mass is 291 g/mol. The van der Waals surface area contributed by atoms with Crippen LogP contribution in [0.25, 0.3) is 11.0 Å². The third-order valence-corrected chi connectivity index (χ3v) is 4.29. The van der Waals surface area contributed by atoms with Crippen LogP contribution >= 0.6 is 0 Å². The Morgan fingerprint density at radius 3 is 2.48 bits per heavy atom. The summed E-state index contributed by atoms with van der Waals surface area (Å²) in [5.74, 6) is 0.793. The van der Waals surface area contributed by atoms with Gasteiger partial charge < -0.3 is 10.3 Å². The van der Waals surface area contributed by atoms with Crippen molar-refractivity contribution in [1.29, 1.82) is 0 Å². The number of imidazole rings is 1. The minimum atomic E-state index is -1.46. The summed E-state index contributed by atoms with van der Waals surface area (Å²) in [5, 5.41) is 0. The van der Waals surface area contributed by atoms with E-state index in [-0.39, 0.29) is 13.0 Å². The van der Waals surface area contributed by atoms with Crippen molar-refractivity contribution in [2.24, 2.45) is 11.1 Å². The average molecular weight is 291 g/mol. The topological polar surface area (TPSA) is 43.8 Å². The summed E-state index contributed by atoms with van der Waals surface area (Å²) < 4.78 is 17.4. The van der Waals surface area contributed by atoms with Crippen molar-refractivity contribution in [2.75, 3.05) is 6.54 Å². The first kappa shape index (κ1) is 16.0. The molecule has 0 bridgehead atoms. The molecule has 0 saturated carbocycles. The Bertz CT molecular complexity index is 612. The molecule has 1 aromatic carbocycles. The highest BCUT2D eigenvalue weighted by Gasteiger charge is 2.42. The molecule has 2 N–H and O–H groups in total. The van der Waals surface area contributed by atoms with E-state index in [1.54, 1.807) is 0 Å². The van der Waals surface area contributed by atoms with Gasteiger partial charge in [0.1, 0.15) is 11.5 Å². The van der Waals surface area contributed by atoms with Crippen molar-refractivity contribution in [3.8, 4) is 0 Å². The minimum Gasteiger partial charge on any atom is -0.328 e. The lowest BCUT2D eigenvalue weighted by Gasteiger charge is -2.36. The van der Waals surface area contributed by atoms with Crippen molar-refractivity contribution in [3.63, 3.8) is 0 Å². The Kier molecular flexibility index (Phi) is 4.38. The third-order valence-electron chi connectivity index (χ3n) is 4.29. The number of alkyl halides is 1. The fourth-order valence-corrected chi connectivity index (χ4v) is 2.63. The second-order valence-corrected chi connectivity index (χ2v) is 6.76. The Morgan fingerprint density at radius 2 is 1.90 bits per heavy atom. The molecule has 0 spiro atoms. The first-order valence-corrected chi connectivity index (χ1v) is 7.65. The van der Waals surface area contributed by atoms with E-state index in [2.05, 4.69) is 16.5 Å². The van der Waals surface area contributed by atoms with E-state index in [0.29, 0.717) is 0 Å². The molecule has 2 aromatic rings. The molecule has 3 nitrogen and oxygen atoms in total. The number of nitrogens with zero attached hydrogens (tertiary/aromatic N) is 2. The van der Waals surface area contributed by atoms with Crippen LogP contribution in [0.1, 0.15) is 39.9 Å². The second-order valence-electron chi connectivity index (χ2n) is 6.76. The molecule has 1 aromatic heterocycles. The number of nitrogens with two attached hydrogens (primary N) is 1. The van der Waals surface area contributed by atoms with Crippen molar-refractivity contribution in [1.82, 2.24) is 9.55 Å². The molecule has 2 rings (SSSR count). The standard InChI is InChI=1S/C17H26FN3/c1-5-10-21-14-9-7-6-8-13(14)20-15(21)11-17(18,12-19)16(2,3)4/h6-9H,5,10-12,19H2,1-4H3. The van der Waals surface area contributed by atoms with E-state index in [1.165, 1.54) is 0 Å². The Labute approximate surface area is 126 Å². The zero-order valence-corrected chi connectivity index (χ0v) is 13.5. The smallest absolute Gasteiger partial charge is 0.134 e. The maximum absolute atomic E-state index is 15.3. The number of aryl methyl sites for hydroxylation is 1. The lowest BCUT2D eigenvalue weighted by atomic mass is 9.75. The summed E-state index contributed by atoms with van der Waals surface area (Å²) >= 11 is 0. The van der Waals surface area contributed by atoms with Crippen LogP contribution < -0.4 is 5.73 Å². The van der Waals surface area contributed by atoms with Gasteiger partial charge in [0.25, 0.3) is 0 Å². The van der Waals surface area contributed by atoms with Crippen molar-refractivity contribution >= 4 is 11.0 Å². The molecule has 0 radical (unpaired) electrons. The normalized spacial score (nSPS) is 15.3. The summed E-state index contributed by atoms with van der Waals surface area (Å²) in [6.07, 6.45) is 1.24. The van der Waals surface area contributed by atoms with E-state index in [1.807, 2.05) is 45.0 Å². The van der Waals surface area contributed by atoms with Gasteiger partial charge >= 0.3 is 0 Å². The van der Waals surface area contributed by atoms with Crippen molar-refractivity contribution < 1.29 is 4.39 Å². The molecule has 0 saturated heterocycles. The molecular weight excluding hydrogens is 265 g/mol. The molecule has 4 heteroatoms. The van der Waals surface area contributed by atoms with Crippen LogP contribution in [0.5, 0.6) is 0 Å². The number of halogens is 1. The van der Waals surface area contributed by atoms with Crippen molar-refractivity contribution in [2.45, 2.75) is 52.8 Å². The number of hydrogen-bond acceptors (Lipinski definition) is 2. The summed E-state index contributed by atoms with van der Waals surface area (Å²) in [6, 6.07) is 7.98. The zero-order chi connectivity index (χ0) is 15.7. The predicted molar refractivity (Wildman–Crippen MR) is 86.1 cm³/mol. The van der Waals surface area contributed by atoms with Crippen LogP contribution in [0, 0.1) is 5.41 Å². The summed E-state index contributed by atoms with van der Waals surface area (Å²) in [7, 11) is 0. The number of hydrogen-bond donors (Lipinski definition) is 1. The summed E-state index contributed by atoms with van der Waals surface area (Å²) in [4.78, 5) is 4.65. The summed E-state index contributed by atoms with van der Waals surface area (Å²) in [5.41, 5.74) is 5.77. The predicted octanol–water partition coefficient (Wildman–Crippen LogP) is 3.70. The lowest BCUT2D eigenvalue weighted by molar-refractivity contribution is 0.0356. The number of aromatic nitrogens is 2. The molecule has 0 amide bonds. The van der Waals surface area contributed by atoms with E-state index in [0.717, 1.165) is 29.8 Å². The van der Waals surface area contributed by atoms with Crippen LogP contribution in [-0.4, -0.2) is 21.8 Å². The van der Waals surface area contributed by atoms with Gasteiger partial charge in [0.15, 0.2) is 0 Å². The molecule has 21 heavy (non-hydrogen) atoms. The van der Waals surface area contributed by atoms with E-state index in [4.69, 9.17) is 5.73 Å². The maximum atomic E-state index is 15.3. The summed E-state index contributed by atoms with van der Waals surface area (Å²) in [6.45, 7) is 8.66. The van der Waals surface area contributed by atoms with Crippen LogP contribution in [0.3, 0.4) is 0 Å². The van der Waals surface area contributed by atoms with Gasteiger partial charge in [-0.25, -0.2) is 9.37 Å². The molecule has 116 valence electrons.